The van der Waals surface area contributed by atoms with Crippen LogP contribution in [0.25, 0.3) is 10.9 Å². The van der Waals surface area contributed by atoms with E-state index < -0.39 is 12.3 Å². The number of rotatable bonds is 8. The van der Waals surface area contributed by atoms with Crippen LogP contribution < -0.4 is 15.4 Å². The van der Waals surface area contributed by atoms with Gasteiger partial charge in [0.05, 0.1) is 18.9 Å². The van der Waals surface area contributed by atoms with Crippen LogP contribution >= 0.6 is 0 Å². The minimum atomic E-state index is -0.975. The minimum Gasteiger partial charge on any atom is -0.496 e. The summed E-state index contributed by atoms with van der Waals surface area (Å²) in [7, 11) is 1.61. The summed E-state index contributed by atoms with van der Waals surface area (Å²) in [6.45, 7) is 1.16. The van der Waals surface area contributed by atoms with Gasteiger partial charge in [0.25, 0.3) is 0 Å². The van der Waals surface area contributed by atoms with Gasteiger partial charge in [-0.3, -0.25) is 14.5 Å². The number of aliphatic hydroxyl groups is 1. The van der Waals surface area contributed by atoms with Gasteiger partial charge in [-0.15, -0.1) is 0 Å². The van der Waals surface area contributed by atoms with Gasteiger partial charge in [0, 0.05) is 42.4 Å². The van der Waals surface area contributed by atoms with Gasteiger partial charge in [0.15, 0.2) is 0 Å². The topological polar surface area (TPSA) is 130 Å². The molecule has 0 radical (unpaired) electrons. The summed E-state index contributed by atoms with van der Waals surface area (Å²) in [6.07, 6.45) is 0.799. The fourth-order valence-corrected chi connectivity index (χ4v) is 5.56. The number of fused-ring (bicyclic) bond motifs is 2. The van der Waals surface area contributed by atoms with Crippen molar-refractivity contribution in [1.82, 2.24) is 20.5 Å². The number of nitriles is 1. The molecule has 4 atom stereocenters. The van der Waals surface area contributed by atoms with Gasteiger partial charge in [-0.2, -0.15) is 5.26 Å². The summed E-state index contributed by atoms with van der Waals surface area (Å²) in [5.41, 5.74) is 3.60. The Balaban J connectivity index is 1.37. The lowest BCUT2D eigenvalue weighted by Gasteiger charge is -2.39. The fraction of sp³-hybridized carbons (Fsp3) is 0.393. The molecule has 1 saturated heterocycles. The predicted octanol–water partition coefficient (Wildman–Crippen LogP) is 2.69. The van der Waals surface area contributed by atoms with Gasteiger partial charge in [0.2, 0.25) is 11.8 Å². The average molecular weight is 502 g/mol. The maximum Gasteiger partial charge on any atom is 0.223 e. The molecular formula is C28H31N5O4. The van der Waals surface area contributed by atoms with Gasteiger partial charge < -0.3 is 25.5 Å². The van der Waals surface area contributed by atoms with Crippen LogP contribution in [0.2, 0.25) is 0 Å². The van der Waals surface area contributed by atoms with Crippen molar-refractivity contribution in [1.29, 1.82) is 5.26 Å². The number of carbonyl (C=O) groups excluding carboxylic acids is 2. The second kappa shape index (κ2) is 10.6. The number of hydrogen-bond donors (Lipinski definition) is 4. The molecule has 5 rings (SSSR count). The van der Waals surface area contributed by atoms with Gasteiger partial charge in [-0.1, -0.05) is 30.3 Å². The normalized spacial score (nSPS) is 21.1. The van der Waals surface area contributed by atoms with Crippen molar-refractivity contribution in [3.8, 4) is 11.8 Å². The Bertz CT molecular complexity index is 1350. The molecule has 3 heterocycles. The van der Waals surface area contributed by atoms with Gasteiger partial charge in [0.1, 0.15) is 18.0 Å². The van der Waals surface area contributed by atoms with E-state index in [4.69, 9.17) is 4.74 Å². The molecule has 2 amide bonds. The van der Waals surface area contributed by atoms with E-state index in [-0.39, 0.29) is 30.2 Å². The number of amides is 2. The molecule has 9 nitrogen and oxygen atoms in total. The average Bonchev–Trinajstić information content (AvgIpc) is 3.54. The number of H-pyrrole nitrogens is 1. The van der Waals surface area contributed by atoms with Crippen molar-refractivity contribution < 1.29 is 19.4 Å². The summed E-state index contributed by atoms with van der Waals surface area (Å²) in [5.74, 6) is 0.0884. The van der Waals surface area contributed by atoms with E-state index in [9.17, 15) is 20.0 Å². The molecule has 0 aliphatic carbocycles. The standard InChI is InChI=1S/C28H31N5O4/c1-37-25-8-4-7-22-21(25)14-23(32-22)28(36)33-12-10-17-5-2-3-6-20(17)24(33)15-26(34)31-19(16-29)13-18-9-11-30-27(18)35/h2-8,14,18-19,24,28,32,36H,9-13,15H2,1H3,(H,30,35)(H,31,34)/t18-,19-,24+,28?/m0/s1. The zero-order valence-corrected chi connectivity index (χ0v) is 20.7. The monoisotopic (exact) mass is 501 g/mol. The van der Waals surface area contributed by atoms with Crippen molar-refractivity contribution in [2.24, 2.45) is 5.92 Å². The van der Waals surface area contributed by atoms with E-state index in [0.717, 1.165) is 28.5 Å². The van der Waals surface area contributed by atoms with E-state index in [2.05, 4.69) is 27.8 Å². The van der Waals surface area contributed by atoms with Crippen LogP contribution in [0, 0.1) is 17.2 Å². The van der Waals surface area contributed by atoms with E-state index >= 15 is 0 Å². The molecule has 0 saturated carbocycles. The van der Waals surface area contributed by atoms with Crippen LogP contribution in [0.4, 0.5) is 0 Å². The number of methoxy groups -OCH3 is 1. The highest BCUT2D eigenvalue weighted by Crippen LogP contribution is 2.38. The Morgan fingerprint density at radius 3 is 2.89 bits per heavy atom. The highest BCUT2D eigenvalue weighted by molar-refractivity contribution is 5.86. The van der Waals surface area contributed by atoms with Crippen LogP contribution in [-0.4, -0.2) is 53.0 Å². The first-order chi connectivity index (χ1) is 18.0. The van der Waals surface area contributed by atoms with Gasteiger partial charge >= 0.3 is 0 Å². The zero-order valence-electron chi connectivity index (χ0n) is 20.7. The summed E-state index contributed by atoms with van der Waals surface area (Å²) in [6, 6.07) is 16.5. The van der Waals surface area contributed by atoms with Crippen LogP contribution in [0.5, 0.6) is 5.75 Å². The van der Waals surface area contributed by atoms with Gasteiger partial charge in [-0.25, -0.2) is 0 Å². The fourth-order valence-electron chi connectivity index (χ4n) is 5.56. The third-order valence-corrected chi connectivity index (χ3v) is 7.46. The van der Waals surface area contributed by atoms with E-state index in [1.807, 2.05) is 47.4 Å². The van der Waals surface area contributed by atoms with Crippen LogP contribution in [0.15, 0.2) is 48.5 Å². The Labute approximate surface area is 215 Å². The summed E-state index contributed by atoms with van der Waals surface area (Å²) in [5, 5.41) is 27.6. The van der Waals surface area contributed by atoms with Crippen LogP contribution in [-0.2, 0) is 16.0 Å². The molecule has 9 heteroatoms. The number of benzene rings is 2. The van der Waals surface area contributed by atoms with Crippen molar-refractivity contribution >= 4 is 22.7 Å². The van der Waals surface area contributed by atoms with E-state index in [1.54, 1.807) is 7.11 Å². The lowest BCUT2D eigenvalue weighted by atomic mass is 9.90. The molecule has 2 aliphatic rings. The largest absolute Gasteiger partial charge is 0.496 e. The molecule has 37 heavy (non-hydrogen) atoms. The van der Waals surface area contributed by atoms with Crippen molar-refractivity contribution in [2.75, 3.05) is 20.2 Å². The first kappa shape index (κ1) is 24.8. The molecule has 1 unspecified atom stereocenters. The number of nitrogens with one attached hydrogen (secondary N) is 3. The Morgan fingerprint density at radius 2 is 2.14 bits per heavy atom. The van der Waals surface area contributed by atoms with Crippen LogP contribution in [0.1, 0.15) is 48.4 Å². The minimum absolute atomic E-state index is 0.0695. The molecule has 1 aromatic heterocycles. The van der Waals surface area contributed by atoms with Crippen molar-refractivity contribution in [2.45, 2.75) is 44.0 Å². The molecule has 1 fully saturated rings. The zero-order chi connectivity index (χ0) is 25.9. The quantitative estimate of drug-likeness (QED) is 0.376. The molecule has 192 valence electrons. The number of ether oxygens (including phenoxy) is 1. The smallest absolute Gasteiger partial charge is 0.223 e. The Morgan fingerprint density at radius 1 is 1.30 bits per heavy atom. The molecule has 2 aromatic carbocycles. The number of nitrogens with zero attached hydrogens (tertiary/aromatic N) is 2. The molecular weight excluding hydrogens is 470 g/mol. The van der Waals surface area contributed by atoms with E-state index in [0.29, 0.717) is 37.4 Å². The molecule has 3 aromatic rings. The third kappa shape index (κ3) is 5.03. The van der Waals surface area contributed by atoms with Crippen molar-refractivity contribution in [3.05, 3.63) is 65.4 Å². The predicted molar refractivity (Wildman–Crippen MR) is 137 cm³/mol. The first-order valence-electron chi connectivity index (χ1n) is 12.6. The third-order valence-electron chi connectivity index (χ3n) is 7.46. The number of aromatic nitrogens is 1. The molecule has 0 bridgehead atoms. The summed E-state index contributed by atoms with van der Waals surface area (Å²) in [4.78, 5) is 30.3. The second-order valence-electron chi connectivity index (χ2n) is 9.69. The lowest BCUT2D eigenvalue weighted by Crippen LogP contribution is -2.43. The lowest BCUT2D eigenvalue weighted by molar-refractivity contribution is -0.126. The second-order valence-corrected chi connectivity index (χ2v) is 9.69. The maximum absolute atomic E-state index is 13.2. The van der Waals surface area contributed by atoms with Crippen molar-refractivity contribution in [3.63, 3.8) is 0 Å². The summed E-state index contributed by atoms with van der Waals surface area (Å²) >= 11 is 0. The Hall–Kier alpha value is -3.87. The molecule has 4 N–H and O–H groups in total. The van der Waals surface area contributed by atoms with Crippen LogP contribution in [0.3, 0.4) is 0 Å². The SMILES string of the molecule is COc1cccc2[nH]c(C(O)N3CCc4ccccc4[C@H]3CC(=O)N[C@H](C#N)C[C@@H]3CCNC3=O)cc12. The molecule has 0 spiro atoms. The number of aliphatic hydroxyl groups excluding tert-OH is 1. The Kier molecular flexibility index (Phi) is 7.12. The summed E-state index contributed by atoms with van der Waals surface area (Å²) < 4.78 is 5.47. The number of aromatic amines is 1. The number of carbonyl (C=O) groups is 2. The highest BCUT2D eigenvalue weighted by Gasteiger charge is 2.35. The molecule has 2 aliphatic heterocycles. The highest BCUT2D eigenvalue weighted by atomic mass is 16.5. The number of hydrogen-bond acceptors (Lipinski definition) is 6. The maximum atomic E-state index is 13.2. The van der Waals surface area contributed by atoms with E-state index in [1.165, 1.54) is 0 Å². The van der Waals surface area contributed by atoms with Gasteiger partial charge in [-0.05, 0) is 48.6 Å². The first-order valence-corrected chi connectivity index (χ1v) is 12.6.